The molecule has 2 aliphatic heterocycles. The van der Waals surface area contributed by atoms with Crippen molar-refractivity contribution < 1.29 is 9.18 Å². The number of aromatic nitrogens is 2. The first-order valence-corrected chi connectivity index (χ1v) is 13.1. The number of imidazole rings is 1. The van der Waals surface area contributed by atoms with Gasteiger partial charge in [0.2, 0.25) is 0 Å². The van der Waals surface area contributed by atoms with Crippen molar-refractivity contribution in [3.05, 3.63) is 59.5 Å². The number of likely N-dealkylation sites (tertiary alicyclic amines) is 1. The third-order valence-electron chi connectivity index (χ3n) is 7.40. The molecular weight excluding hydrogens is 475 g/mol. The SMILES string of the molecule is CN1CCC(NC(=O)c2ccc3c(c2)sc2nc(-c4ccc(C5CC(C#N)CN5)cc4F)cn23)CC1. The summed E-state index contributed by atoms with van der Waals surface area (Å²) in [6.45, 7) is 2.63. The molecule has 2 unspecified atom stereocenters. The number of nitrogens with zero attached hydrogens (tertiary/aromatic N) is 4. The molecule has 2 atom stereocenters. The minimum absolute atomic E-state index is 0.00140. The Bertz CT molecular complexity index is 1500. The van der Waals surface area contributed by atoms with Crippen molar-refractivity contribution in [1.29, 1.82) is 5.26 Å². The number of benzene rings is 2. The monoisotopic (exact) mass is 502 g/mol. The lowest BCUT2D eigenvalue weighted by Gasteiger charge is -2.29. The Morgan fingerprint density at radius 1 is 1.25 bits per heavy atom. The molecule has 0 bridgehead atoms. The molecule has 2 saturated heterocycles. The summed E-state index contributed by atoms with van der Waals surface area (Å²) in [6, 6.07) is 13.4. The summed E-state index contributed by atoms with van der Waals surface area (Å²) in [5.41, 5.74) is 3.47. The standard InChI is InChI=1S/C27H27FN6OS/c1-33-8-6-19(7-9-33)31-26(35)18-3-5-24-25(12-18)36-27-32-23(15-34(24)27)20-4-2-17(11-21(20)28)22-10-16(13-29)14-30-22/h2-5,11-12,15-16,19,22,30H,6-10,14H2,1H3,(H,31,35). The van der Waals surface area contributed by atoms with Crippen molar-refractivity contribution in [1.82, 2.24) is 24.9 Å². The summed E-state index contributed by atoms with van der Waals surface area (Å²) in [7, 11) is 2.10. The molecule has 2 aromatic heterocycles. The number of amides is 1. The molecule has 1 amide bonds. The molecule has 0 radical (unpaired) electrons. The van der Waals surface area contributed by atoms with Gasteiger partial charge in [0.15, 0.2) is 4.96 Å². The van der Waals surface area contributed by atoms with E-state index in [-0.39, 0.29) is 29.7 Å². The predicted octanol–water partition coefficient (Wildman–Crippen LogP) is 4.35. The van der Waals surface area contributed by atoms with Crippen molar-refractivity contribution in [2.24, 2.45) is 5.92 Å². The number of carbonyl (C=O) groups excluding carboxylic acids is 1. The summed E-state index contributed by atoms with van der Waals surface area (Å²) < 4.78 is 18.0. The number of piperidine rings is 1. The van der Waals surface area contributed by atoms with Gasteiger partial charge in [-0.25, -0.2) is 9.37 Å². The average Bonchev–Trinajstić information content (AvgIpc) is 3.59. The van der Waals surface area contributed by atoms with E-state index in [9.17, 15) is 4.79 Å². The number of hydrogen-bond donors (Lipinski definition) is 2. The highest BCUT2D eigenvalue weighted by Crippen LogP contribution is 2.33. The maximum absolute atomic E-state index is 15.1. The van der Waals surface area contributed by atoms with E-state index in [4.69, 9.17) is 5.26 Å². The lowest BCUT2D eigenvalue weighted by molar-refractivity contribution is 0.0917. The van der Waals surface area contributed by atoms with Crippen LogP contribution in [-0.2, 0) is 0 Å². The fraction of sp³-hybridized carbons (Fsp3) is 0.370. The number of thiazole rings is 1. The lowest BCUT2D eigenvalue weighted by Crippen LogP contribution is -2.43. The first-order valence-electron chi connectivity index (χ1n) is 12.3. The van der Waals surface area contributed by atoms with Gasteiger partial charge >= 0.3 is 0 Å². The maximum atomic E-state index is 15.1. The van der Waals surface area contributed by atoms with Crippen LogP contribution in [0.25, 0.3) is 26.4 Å². The summed E-state index contributed by atoms with van der Waals surface area (Å²) in [5, 5.41) is 15.6. The first-order chi connectivity index (χ1) is 17.5. The molecule has 4 aromatic rings. The maximum Gasteiger partial charge on any atom is 0.251 e. The highest BCUT2D eigenvalue weighted by molar-refractivity contribution is 7.23. The van der Waals surface area contributed by atoms with Gasteiger partial charge in [0.25, 0.3) is 5.91 Å². The highest BCUT2D eigenvalue weighted by Gasteiger charge is 2.26. The van der Waals surface area contributed by atoms with E-state index in [1.807, 2.05) is 34.9 Å². The minimum atomic E-state index is -0.322. The van der Waals surface area contributed by atoms with E-state index in [1.54, 1.807) is 12.1 Å². The molecule has 184 valence electrons. The second-order valence-corrected chi connectivity index (χ2v) is 10.9. The summed E-state index contributed by atoms with van der Waals surface area (Å²) >= 11 is 1.49. The third kappa shape index (κ3) is 4.26. The van der Waals surface area contributed by atoms with E-state index < -0.39 is 0 Å². The molecule has 36 heavy (non-hydrogen) atoms. The molecule has 0 aliphatic carbocycles. The van der Waals surface area contributed by atoms with Crippen LogP contribution in [0.2, 0.25) is 0 Å². The van der Waals surface area contributed by atoms with Crippen molar-refractivity contribution in [3.63, 3.8) is 0 Å². The van der Waals surface area contributed by atoms with Crippen LogP contribution in [0, 0.1) is 23.1 Å². The van der Waals surface area contributed by atoms with E-state index >= 15 is 4.39 Å². The van der Waals surface area contributed by atoms with Crippen molar-refractivity contribution in [2.45, 2.75) is 31.3 Å². The number of nitrogens with one attached hydrogen (secondary N) is 2. The molecule has 9 heteroatoms. The zero-order chi connectivity index (χ0) is 24.8. The van der Waals surface area contributed by atoms with Crippen LogP contribution in [0.5, 0.6) is 0 Å². The third-order valence-corrected chi connectivity index (χ3v) is 8.41. The summed E-state index contributed by atoms with van der Waals surface area (Å²) in [4.78, 5) is 20.5. The smallest absolute Gasteiger partial charge is 0.251 e. The molecule has 0 saturated carbocycles. The lowest BCUT2D eigenvalue weighted by atomic mass is 9.99. The zero-order valence-corrected chi connectivity index (χ0v) is 20.8. The molecule has 2 aliphatic rings. The fourth-order valence-electron chi connectivity index (χ4n) is 5.24. The van der Waals surface area contributed by atoms with Crippen LogP contribution in [0.15, 0.2) is 42.6 Å². The number of nitriles is 1. The van der Waals surface area contributed by atoms with Gasteiger partial charge in [-0.2, -0.15) is 5.26 Å². The van der Waals surface area contributed by atoms with E-state index in [2.05, 4.69) is 33.6 Å². The van der Waals surface area contributed by atoms with Gasteiger partial charge < -0.3 is 15.5 Å². The van der Waals surface area contributed by atoms with Crippen LogP contribution in [0.4, 0.5) is 4.39 Å². The zero-order valence-electron chi connectivity index (χ0n) is 20.0. The predicted molar refractivity (Wildman–Crippen MR) is 138 cm³/mol. The van der Waals surface area contributed by atoms with Gasteiger partial charge in [-0.05, 0) is 75.3 Å². The van der Waals surface area contributed by atoms with Gasteiger partial charge in [0.05, 0.1) is 27.9 Å². The number of rotatable bonds is 4. The molecule has 7 nitrogen and oxygen atoms in total. The molecule has 2 N–H and O–H groups in total. The Hall–Kier alpha value is -3.32. The largest absolute Gasteiger partial charge is 0.349 e. The van der Waals surface area contributed by atoms with Crippen molar-refractivity contribution >= 4 is 32.4 Å². The first kappa shape index (κ1) is 23.1. The fourth-order valence-corrected chi connectivity index (χ4v) is 6.28. The normalized spacial score (nSPS) is 21.2. The molecule has 0 spiro atoms. The van der Waals surface area contributed by atoms with Gasteiger partial charge in [0, 0.05) is 36.0 Å². The number of hydrogen-bond acceptors (Lipinski definition) is 6. The average molecular weight is 503 g/mol. The van der Waals surface area contributed by atoms with Crippen LogP contribution in [-0.4, -0.2) is 52.9 Å². The Kier molecular flexibility index (Phi) is 5.96. The van der Waals surface area contributed by atoms with E-state index in [0.29, 0.717) is 29.8 Å². The van der Waals surface area contributed by atoms with Crippen LogP contribution in [0.1, 0.15) is 41.2 Å². The molecular formula is C27H27FN6OS. The second-order valence-electron chi connectivity index (χ2n) is 9.88. The van der Waals surface area contributed by atoms with Crippen LogP contribution in [0.3, 0.4) is 0 Å². The van der Waals surface area contributed by atoms with Crippen LogP contribution >= 0.6 is 11.3 Å². The summed E-state index contributed by atoms with van der Waals surface area (Å²) in [5.74, 6) is -0.400. The minimum Gasteiger partial charge on any atom is -0.349 e. The van der Waals surface area contributed by atoms with Gasteiger partial charge in [0.1, 0.15) is 5.82 Å². The van der Waals surface area contributed by atoms with Crippen molar-refractivity contribution in [2.75, 3.05) is 26.7 Å². The second kappa shape index (κ2) is 9.28. The number of carbonyl (C=O) groups is 1. The quantitative estimate of drug-likeness (QED) is 0.433. The Morgan fingerprint density at radius 3 is 2.83 bits per heavy atom. The molecule has 4 heterocycles. The van der Waals surface area contributed by atoms with Gasteiger partial charge in [-0.3, -0.25) is 9.20 Å². The highest BCUT2D eigenvalue weighted by atomic mass is 32.1. The molecule has 2 fully saturated rings. The summed E-state index contributed by atoms with van der Waals surface area (Å²) in [6.07, 6.45) is 4.48. The van der Waals surface area contributed by atoms with E-state index in [0.717, 1.165) is 46.7 Å². The van der Waals surface area contributed by atoms with Gasteiger partial charge in [-0.15, -0.1) is 0 Å². The topological polar surface area (TPSA) is 85.5 Å². The Balaban J connectivity index is 1.22. The Labute approximate surface area is 212 Å². The van der Waals surface area contributed by atoms with Gasteiger partial charge in [-0.1, -0.05) is 17.4 Å². The van der Waals surface area contributed by atoms with Crippen molar-refractivity contribution in [3.8, 4) is 17.3 Å². The van der Waals surface area contributed by atoms with Crippen LogP contribution < -0.4 is 10.6 Å². The molecule has 2 aromatic carbocycles. The number of halogens is 1. The number of fused-ring (bicyclic) bond motifs is 3. The van der Waals surface area contributed by atoms with E-state index in [1.165, 1.54) is 11.3 Å². The Morgan fingerprint density at radius 2 is 2.08 bits per heavy atom. The molecule has 6 rings (SSSR count).